The van der Waals surface area contributed by atoms with Crippen molar-refractivity contribution in [3.05, 3.63) is 41.5 Å². The highest BCUT2D eigenvalue weighted by Crippen LogP contribution is 2.28. The molecule has 0 amide bonds. The minimum absolute atomic E-state index is 0.820. The third kappa shape index (κ3) is 1.07. The average molecular weight is 184 g/mol. The maximum Gasteiger partial charge on any atom is 0.110 e. The zero-order valence-corrected chi connectivity index (χ0v) is 7.98. The van der Waals surface area contributed by atoms with Crippen LogP contribution in [-0.4, -0.2) is 24.3 Å². The molecule has 0 aromatic heterocycles. The van der Waals surface area contributed by atoms with Crippen molar-refractivity contribution in [3.8, 4) is 0 Å². The van der Waals surface area contributed by atoms with Crippen molar-refractivity contribution in [2.24, 2.45) is 4.99 Å². The third-order valence-electron chi connectivity index (χ3n) is 2.88. The fourth-order valence-corrected chi connectivity index (χ4v) is 2.15. The van der Waals surface area contributed by atoms with Crippen LogP contribution in [0.3, 0.4) is 0 Å². The molecule has 1 aromatic rings. The first-order valence-corrected chi connectivity index (χ1v) is 4.98. The molecule has 0 radical (unpaired) electrons. The van der Waals surface area contributed by atoms with E-state index in [2.05, 4.69) is 40.2 Å². The quantitative estimate of drug-likeness (QED) is 0.601. The maximum atomic E-state index is 4.26. The van der Waals surface area contributed by atoms with Gasteiger partial charge < -0.3 is 4.90 Å². The van der Waals surface area contributed by atoms with E-state index < -0.39 is 0 Å². The molecule has 70 valence electrons. The summed E-state index contributed by atoms with van der Waals surface area (Å²) in [5, 5.41) is 0. The molecule has 2 aliphatic heterocycles. The van der Waals surface area contributed by atoms with Gasteiger partial charge >= 0.3 is 0 Å². The number of aliphatic imine (C=N–C) groups is 1. The Balaban J connectivity index is 2.15. The topological polar surface area (TPSA) is 15.6 Å². The molecule has 3 rings (SSSR count). The van der Waals surface area contributed by atoms with Gasteiger partial charge in [-0.25, -0.2) is 0 Å². The molecule has 0 aliphatic carbocycles. The van der Waals surface area contributed by atoms with E-state index in [1.807, 2.05) is 6.21 Å². The zero-order chi connectivity index (χ0) is 9.38. The summed E-state index contributed by atoms with van der Waals surface area (Å²) in [5.74, 6) is 0. The van der Waals surface area contributed by atoms with E-state index in [-0.39, 0.29) is 0 Å². The van der Waals surface area contributed by atoms with Crippen LogP contribution < -0.4 is 0 Å². The molecule has 2 nitrogen and oxygen atoms in total. The van der Waals surface area contributed by atoms with Crippen LogP contribution in [0, 0.1) is 0 Å². The molecule has 0 unspecified atom stereocenters. The summed E-state index contributed by atoms with van der Waals surface area (Å²) >= 11 is 0. The van der Waals surface area contributed by atoms with E-state index in [0.717, 1.165) is 19.6 Å². The molecule has 0 spiro atoms. The number of nitrogens with zero attached hydrogens (tertiary/aromatic N) is 2. The van der Waals surface area contributed by atoms with Crippen LogP contribution in [-0.2, 0) is 6.42 Å². The second-order valence-electron chi connectivity index (χ2n) is 3.70. The van der Waals surface area contributed by atoms with Gasteiger partial charge in [0.05, 0.1) is 0 Å². The van der Waals surface area contributed by atoms with Crippen LogP contribution in [0.15, 0.2) is 35.3 Å². The Morgan fingerprint density at radius 2 is 2.14 bits per heavy atom. The largest absolute Gasteiger partial charge is 0.351 e. The highest BCUT2D eigenvalue weighted by atomic mass is 15.2. The first kappa shape index (κ1) is 7.80. The van der Waals surface area contributed by atoms with Crippen LogP contribution in [0.2, 0.25) is 0 Å². The summed E-state index contributed by atoms with van der Waals surface area (Å²) in [6.45, 7) is 1.92. The number of hydrogen-bond acceptors (Lipinski definition) is 2. The summed E-state index contributed by atoms with van der Waals surface area (Å²) in [6.07, 6.45) is 5.17. The van der Waals surface area contributed by atoms with E-state index in [1.54, 1.807) is 0 Å². The lowest BCUT2D eigenvalue weighted by Crippen LogP contribution is -2.31. The van der Waals surface area contributed by atoms with Crippen molar-refractivity contribution < 1.29 is 0 Å². The summed E-state index contributed by atoms with van der Waals surface area (Å²) in [4.78, 5) is 6.59. The van der Waals surface area contributed by atoms with Crippen LogP contribution >= 0.6 is 0 Å². The number of hydrogen-bond donors (Lipinski definition) is 0. The van der Waals surface area contributed by atoms with Crippen LogP contribution in [0.4, 0.5) is 0 Å². The monoisotopic (exact) mass is 184 g/mol. The van der Waals surface area contributed by atoms with Crippen molar-refractivity contribution in [1.29, 1.82) is 0 Å². The van der Waals surface area contributed by atoms with Gasteiger partial charge in [0.25, 0.3) is 0 Å². The lowest BCUT2D eigenvalue weighted by molar-refractivity contribution is 0.400. The fraction of sp³-hybridized carbons (Fsp3) is 0.250. The van der Waals surface area contributed by atoms with Crippen LogP contribution in [0.1, 0.15) is 11.1 Å². The first-order valence-electron chi connectivity index (χ1n) is 4.98. The molecule has 0 fully saturated rings. The SMILES string of the molecule is C1=NCN2CCc3ccccc3C2=C1. The highest BCUT2D eigenvalue weighted by Gasteiger charge is 2.20. The predicted octanol–water partition coefficient (Wildman–Crippen LogP) is 1.93. The van der Waals surface area contributed by atoms with Gasteiger partial charge in [-0.15, -0.1) is 0 Å². The van der Waals surface area contributed by atoms with E-state index in [4.69, 9.17) is 0 Å². The van der Waals surface area contributed by atoms with E-state index in [0.29, 0.717) is 0 Å². The van der Waals surface area contributed by atoms with Gasteiger partial charge in [-0.05, 0) is 18.1 Å². The van der Waals surface area contributed by atoms with Gasteiger partial charge in [0, 0.05) is 24.0 Å². The Bertz CT molecular complexity index is 418. The van der Waals surface area contributed by atoms with Crippen molar-refractivity contribution >= 4 is 11.9 Å². The van der Waals surface area contributed by atoms with E-state index >= 15 is 0 Å². The minimum Gasteiger partial charge on any atom is -0.351 e. The number of allylic oxidation sites excluding steroid dienone is 1. The van der Waals surface area contributed by atoms with Crippen molar-refractivity contribution in [3.63, 3.8) is 0 Å². The number of rotatable bonds is 0. The molecular weight excluding hydrogens is 172 g/mol. The summed E-state index contributed by atoms with van der Waals surface area (Å²) in [6, 6.07) is 8.65. The van der Waals surface area contributed by atoms with Gasteiger partial charge in [0.1, 0.15) is 6.67 Å². The van der Waals surface area contributed by atoms with Gasteiger partial charge in [0.15, 0.2) is 0 Å². The summed E-state index contributed by atoms with van der Waals surface area (Å²) in [5.41, 5.74) is 4.18. The maximum absolute atomic E-state index is 4.26. The lowest BCUT2D eigenvalue weighted by Gasteiger charge is -2.33. The Hall–Kier alpha value is -1.57. The van der Waals surface area contributed by atoms with Gasteiger partial charge in [-0.3, -0.25) is 4.99 Å². The van der Waals surface area contributed by atoms with Crippen molar-refractivity contribution in [2.45, 2.75) is 6.42 Å². The lowest BCUT2D eigenvalue weighted by atomic mass is 9.96. The second-order valence-corrected chi connectivity index (χ2v) is 3.70. The Labute approximate surface area is 83.6 Å². The second kappa shape index (κ2) is 2.98. The molecule has 2 heterocycles. The number of fused-ring (bicyclic) bond motifs is 3. The molecule has 2 heteroatoms. The average Bonchev–Trinajstić information content (AvgIpc) is 2.29. The molecule has 0 saturated heterocycles. The van der Waals surface area contributed by atoms with E-state index in [9.17, 15) is 0 Å². The molecule has 0 N–H and O–H groups in total. The third-order valence-corrected chi connectivity index (χ3v) is 2.88. The molecule has 2 aliphatic rings. The summed E-state index contributed by atoms with van der Waals surface area (Å²) in [7, 11) is 0. The molecule has 0 bridgehead atoms. The molecule has 0 atom stereocenters. The summed E-state index contributed by atoms with van der Waals surface area (Å²) < 4.78 is 0. The Morgan fingerprint density at radius 3 is 3.14 bits per heavy atom. The molecule has 1 aromatic carbocycles. The van der Waals surface area contributed by atoms with Crippen LogP contribution in [0.5, 0.6) is 0 Å². The van der Waals surface area contributed by atoms with Crippen molar-refractivity contribution in [2.75, 3.05) is 13.2 Å². The molecule has 0 saturated carbocycles. The molecular formula is C12H12N2. The normalized spacial score (nSPS) is 18.6. The fourth-order valence-electron chi connectivity index (χ4n) is 2.15. The van der Waals surface area contributed by atoms with E-state index in [1.165, 1.54) is 16.8 Å². The van der Waals surface area contributed by atoms with Gasteiger partial charge in [0.2, 0.25) is 0 Å². The first-order chi connectivity index (χ1) is 6.95. The molecule has 14 heavy (non-hydrogen) atoms. The smallest absolute Gasteiger partial charge is 0.110 e. The van der Waals surface area contributed by atoms with Gasteiger partial charge in [-0.2, -0.15) is 0 Å². The Morgan fingerprint density at radius 1 is 1.21 bits per heavy atom. The minimum atomic E-state index is 0.820. The van der Waals surface area contributed by atoms with Crippen molar-refractivity contribution in [1.82, 2.24) is 4.90 Å². The number of benzene rings is 1. The van der Waals surface area contributed by atoms with Gasteiger partial charge in [-0.1, -0.05) is 24.3 Å². The van der Waals surface area contributed by atoms with Crippen LogP contribution in [0.25, 0.3) is 5.70 Å². The Kier molecular flexibility index (Phi) is 1.66. The zero-order valence-electron chi connectivity index (χ0n) is 7.98. The standard InChI is InChI=1S/C12H12N2/c1-2-4-11-10(3-1)6-8-14-9-13-7-5-12(11)14/h1-5,7H,6,8-9H2. The highest BCUT2D eigenvalue weighted by molar-refractivity contribution is 5.86. The predicted molar refractivity (Wildman–Crippen MR) is 58.2 cm³/mol.